The summed E-state index contributed by atoms with van der Waals surface area (Å²) >= 11 is 0. The van der Waals surface area contributed by atoms with Crippen LogP contribution in [-0.4, -0.2) is 31.3 Å². The molecule has 1 aromatic carbocycles. The van der Waals surface area contributed by atoms with E-state index in [2.05, 4.69) is 5.32 Å². The summed E-state index contributed by atoms with van der Waals surface area (Å²) < 4.78 is 10.2. The molecule has 0 atom stereocenters. The summed E-state index contributed by atoms with van der Waals surface area (Å²) in [5.41, 5.74) is 0.495. The third-order valence-electron chi connectivity index (χ3n) is 2.84. The molecule has 0 amide bonds. The highest BCUT2D eigenvalue weighted by molar-refractivity contribution is 5.82. The zero-order valence-electron chi connectivity index (χ0n) is 9.94. The van der Waals surface area contributed by atoms with Gasteiger partial charge in [-0.3, -0.25) is 5.32 Å². The van der Waals surface area contributed by atoms with Crippen molar-refractivity contribution in [3.63, 3.8) is 0 Å². The lowest BCUT2D eigenvalue weighted by molar-refractivity contribution is -0.172. The van der Waals surface area contributed by atoms with Crippen LogP contribution >= 0.6 is 0 Å². The number of hydrogen-bond donors (Lipinski definition) is 1. The Hall–Kier alpha value is -1.39. The van der Waals surface area contributed by atoms with Gasteiger partial charge in [0.2, 0.25) is 0 Å². The number of ether oxygens (including phenoxy) is 2. The summed E-state index contributed by atoms with van der Waals surface area (Å²) in [5, 5.41) is 3.23. The molecular formula is C13H17NO3. The van der Waals surface area contributed by atoms with Gasteiger partial charge in [0.1, 0.15) is 0 Å². The van der Waals surface area contributed by atoms with Crippen LogP contribution < -0.4 is 5.32 Å². The van der Waals surface area contributed by atoms with Crippen LogP contribution in [0.5, 0.6) is 0 Å². The molecule has 0 spiro atoms. The van der Waals surface area contributed by atoms with E-state index < -0.39 is 5.54 Å². The normalized spacial score (nSPS) is 17.2. The molecule has 0 unspecified atom stereocenters. The van der Waals surface area contributed by atoms with Gasteiger partial charge in [-0.1, -0.05) is 30.3 Å². The van der Waals surface area contributed by atoms with Gasteiger partial charge in [0, 0.05) is 6.54 Å². The Morgan fingerprint density at radius 1 is 1.41 bits per heavy atom. The molecule has 0 saturated carbocycles. The molecule has 92 valence electrons. The van der Waals surface area contributed by atoms with Crippen molar-refractivity contribution in [1.29, 1.82) is 0 Å². The highest BCUT2D eigenvalue weighted by Gasteiger charge is 2.46. The van der Waals surface area contributed by atoms with Crippen molar-refractivity contribution in [2.45, 2.75) is 19.0 Å². The molecular weight excluding hydrogens is 218 g/mol. The van der Waals surface area contributed by atoms with Gasteiger partial charge in [0.15, 0.2) is 5.54 Å². The van der Waals surface area contributed by atoms with E-state index in [0.29, 0.717) is 26.4 Å². The molecule has 1 N–H and O–H groups in total. The van der Waals surface area contributed by atoms with E-state index in [0.717, 1.165) is 5.56 Å². The third kappa shape index (κ3) is 2.65. The summed E-state index contributed by atoms with van der Waals surface area (Å²) in [6, 6.07) is 9.96. The second-order valence-corrected chi connectivity index (χ2v) is 4.13. The number of benzene rings is 1. The van der Waals surface area contributed by atoms with Crippen LogP contribution in [0.15, 0.2) is 30.3 Å². The number of nitrogens with one attached hydrogen (secondary N) is 1. The molecule has 4 heteroatoms. The first-order chi connectivity index (χ1) is 8.27. The Morgan fingerprint density at radius 3 is 2.65 bits per heavy atom. The van der Waals surface area contributed by atoms with Crippen LogP contribution in [0, 0.1) is 0 Å². The highest BCUT2D eigenvalue weighted by Crippen LogP contribution is 2.19. The van der Waals surface area contributed by atoms with Gasteiger partial charge in [-0.05, 0) is 12.5 Å². The quantitative estimate of drug-likeness (QED) is 0.777. The van der Waals surface area contributed by atoms with Gasteiger partial charge < -0.3 is 9.47 Å². The Labute approximate surface area is 101 Å². The van der Waals surface area contributed by atoms with Gasteiger partial charge in [0.25, 0.3) is 0 Å². The molecule has 2 rings (SSSR count). The van der Waals surface area contributed by atoms with Crippen LogP contribution in [0.1, 0.15) is 12.5 Å². The molecule has 1 saturated heterocycles. The molecule has 0 aromatic heterocycles. The molecule has 1 aliphatic rings. The molecule has 1 fully saturated rings. The fraction of sp³-hybridized carbons (Fsp3) is 0.462. The average Bonchev–Trinajstić information content (AvgIpc) is 2.29. The van der Waals surface area contributed by atoms with Crippen LogP contribution in [0.2, 0.25) is 0 Å². The van der Waals surface area contributed by atoms with Crippen LogP contribution in [0.25, 0.3) is 0 Å². The Bertz CT molecular complexity index is 374. The molecule has 4 nitrogen and oxygen atoms in total. The van der Waals surface area contributed by atoms with Crippen LogP contribution in [-0.2, 0) is 20.8 Å². The molecule has 1 aromatic rings. The minimum absolute atomic E-state index is 0.220. The van der Waals surface area contributed by atoms with Gasteiger partial charge in [-0.15, -0.1) is 0 Å². The third-order valence-corrected chi connectivity index (χ3v) is 2.84. The van der Waals surface area contributed by atoms with E-state index in [1.54, 1.807) is 0 Å². The first kappa shape index (κ1) is 12.1. The maximum atomic E-state index is 11.8. The van der Waals surface area contributed by atoms with Crippen molar-refractivity contribution >= 4 is 5.97 Å². The Morgan fingerprint density at radius 2 is 2.12 bits per heavy atom. The predicted molar refractivity (Wildman–Crippen MR) is 63.5 cm³/mol. The van der Waals surface area contributed by atoms with Crippen molar-refractivity contribution in [1.82, 2.24) is 5.32 Å². The number of esters is 1. The summed E-state index contributed by atoms with van der Waals surface area (Å²) in [6.07, 6.45) is 0. The Kier molecular flexibility index (Phi) is 3.76. The lowest BCUT2D eigenvalue weighted by atomic mass is 9.97. The van der Waals surface area contributed by atoms with Crippen LogP contribution in [0.3, 0.4) is 0 Å². The molecule has 1 aliphatic heterocycles. The zero-order chi connectivity index (χ0) is 12.1. The second kappa shape index (κ2) is 5.29. The van der Waals surface area contributed by atoms with Gasteiger partial charge in [-0.2, -0.15) is 0 Å². The van der Waals surface area contributed by atoms with Gasteiger partial charge in [0.05, 0.1) is 19.8 Å². The number of rotatable bonds is 5. The van der Waals surface area contributed by atoms with Crippen LogP contribution in [0.4, 0.5) is 0 Å². The van der Waals surface area contributed by atoms with E-state index in [-0.39, 0.29) is 5.97 Å². The topological polar surface area (TPSA) is 47.6 Å². The van der Waals surface area contributed by atoms with Crippen molar-refractivity contribution in [3.8, 4) is 0 Å². The largest absolute Gasteiger partial charge is 0.464 e. The fourth-order valence-electron chi connectivity index (χ4n) is 1.73. The average molecular weight is 235 g/mol. The second-order valence-electron chi connectivity index (χ2n) is 4.13. The smallest absolute Gasteiger partial charge is 0.331 e. The first-order valence-electron chi connectivity index (χ1n) is 5.81. The number of hydrogen-bond acceptors (Lipinski definition) is 4. The maximum Gasteiger partial charge on any atom is 0.331 e. The van der Waals surface area contributed by atoms with E-state index in [1.165, 1.54) is 0 Å². The summed E-state index contributed by atoms with van der Waals surface area (Å²) in [4.78, 5) is 11.8. The number of carbonyl (C=O) groups excluding carboxylic acids is 1. The van der Waals surface area contributed by atoms with E-state index in [9.17, 15) is 4.79 Å². The lowest BCUT2D eigenvalue weighted by Gasteiger charge is -2.39. The molecule has 17 heavy (non-hydrogen) atoms. The molecule has 1 heterocycles. The van der Waals surface area contributed by atoms with Crippen molar-refractivity contribution in [2.75, 3.05) is 19.8 Å². The number of carbonyl (C=O) groups is 1. The monoisotopic (exact) mass is 235 g/mol. The molecule has 0 radical (unpaired) electrons. The lowest BCUT2D eigenvalue weighted by Crippen LogP contribution is -2.65. The van der Waals surface area contributed by atoms with E-state index in [4.69, 9.17) is 9.47 Å². The van der Waals surface area contributed by atoms with Gasteiger partial charge >= 0.3 is 5.97 Å². The summed E-state index contributed by atoms with van der Waals surface area (Å²) in [5.74, 6) is -0.220. The van der Waals surface area contributed by atoms with Crippen molar-refractivity contribution in [2.24, 2.45) is 0 Å². The SMILES string of the molecule is CCOC(=O)C1(NCc2ccccc2)COC1. The Balaban J connectivity index is 1.94. The van der Waals surface area contributed by atoms with Crippen molar-refractivity contribution in [3.05, 3.63) is 35.9 Å². The minimum atomic E-state index is -0.647. The predicted octanol–water partition coefficient (Wildman–Crippen LogP) is 1.11. The highest BCUT2D eigenvalue weighted by atomic mass is 16.6. The standard InChI is InChI=1S/C13H17NO3/c1-2-17-12(15)13(9-16-10-13)14-8-11-6-4-3-5-7-11/h3-7,14H,2,8-10H2,1H3. The summed E-state index contributed by atoms with van der Waals surface area (Å²) in [7, 11) is 0. The molecule has 0 aliphatic carbocycles. The minimum Gasteiger partial charge on any atom is -0.464 e. The maximum absolute atomic E-state index is 11.8. The summed E-state index contributed by atoms with van der Waals surface area (Å²) in [6.45, 7) is 3.62. The molecule has 0 bridgehead atoms. The first-order valence-corrected chi connectivity index (χ1v) is 5.81. The van der Waals surface area contributed by atoms with E-state index >= 15 is 0 Å². The van der Waals surface area contributed by atoms with Crippen molar-refractivity contribution < 1.29 is 14.3 Å². The van der Waals surface area contributed by atoms with Gasteiger partial charge in [-0.25, -0.2) is 4.79 Å². The van der Waals surface area contributed by atoms with E-state index in [1.807, 2.05) is 37.3 Å². The fourth-order valence-corrected chi connectivity index (χ4v) is 1.73. The zero-order valence-corrected chi connectivity index (χ0v) is 9.94.